The number of H-pyrrole nitrogens is 1. The van der Waals surface area contributed by atoms with Crippen LogP contribution in [0.1, 0.15) is 31.7 Å². The molecule has 0 spiro atoms. The molecular formula is C18H22N8O3S. The molecule has 0 saturated heterocycles. The molecule has 158 valence electrons. The van der Waals surface area contributed by atoms with Crippen LogP contribution in [-0.4, -0.2) is 61.3 Å². The van der Waals surface area contributed by atoms with Crippen molar-refractivity contribution in [3.8, 4) is 22.9 Å². The predicted molar refractivity (Wildman–Crippen MR) is 110 cm³/mol. The smallest absolute Gasteiger partial charge is 0.249 e. The van der Waals surface area contributed by atoms with E-state index in [1.807, 2.05) is 10.7 Å². The van der Waals surface area contributed by atoms with E-state index < -0.39 is 0 Å². The number of thioether (sulfide) groups is 1. The topological polar surface area (TPSA) is 133 Å². The predicted octanol–water partition coefficient (Wildman–Crippen LogP) is 2.32. The fourth-order valence-electron chi connectivity index (χ4n) is 3.38. The van der Waals surface area contributed by atoms with Gasteiger partial charge in [-0.1, -0.05) is 24.6 Å². The van der Waals surface area contributed by atoms with E-state index in [0.29, 0.717) is 34.1 Å². The van der Waals surface area contributed by atoms with E-state index in [-0.39, 0.29) is 17.6 Å². The van der Waals surface area contributed by atoms with Crippen molar-refractivity contribution in [2.75, 3.05) is 25.3 Å². The quantitative estimate of drug-likeness (QED) is 0.516. The van der Waals surface area contributed by atoms with Gasteiger partial charge in [-0.25, -0.2) is 4.68 Å². The summed E-state index contributed by atoms with van der Waals surface area (Å²) in [7, 11) is 3.15. The van der Waals surface area contributed by atoms with Crippen LogP contribution in [0.4, 0.5) is 5.95 Å². The normalized spacial score (nSPS) is 14.1. The second-order valence-corrected chi connectivity index (χ2v) is 7.70. The molecule has 1 fully saturated rings. The summed E-state index contributed by atoms with van der Waals surface area (Å²) in [6.45, 7) is 0. The third-order valence-corrected chi connectivity index (χ3v) is 5.80. The zero-order valence-electron chi connectivity index (χ0n) is 16.7. The molecule has 0 aliphatic heterocycles. The van der Waals surface area contributed by atoms with Gasteiger partial charge >= 0.3 is 0 Å². The zero-order valence-corrected chi connectivity index (χ0v) is 17.5. The van der Waals surface area contributed by atoms with Crippen molar-refractivity contribution in [2.24, 2.45) is 0 Å². The molecule has 2 heterocycles. The molecule has 2 aromatic heterocycles. The van der Waals surface area contributed by atoms with Gasteiger partial charge < -0.3 is 9.47 Å². The lowest BCUT2D eigenvalue weighted by molar-refractivity contribution is -0.113. The summed E-state index contributed by atoms with van der Waals surface area (Å²) in [4.78, 5) is 16.7. The highest BCUT2D eigenvalue weighted by Crippen LogP contribution is 2.32. The SMILES string of the molecule is COc1ccc(-c2nc(NC(=O)CSc3nnnn3C3CCCC3)n[nH]2)c(OC)c1. The van der Waals surface area contributed by atoms with Crippen LogP contribution in [0.25, 0.3) is 11.4 Å². The Morgan fingerprint density at radius 1 is 1.30 bits per heavy atom. The molecule has 1 saturated carbocycles. The number of methoxy groups -OCH3 is 2. The van der Waals surface area contributed by atoms with Crippen molar-refractivity contribution >= 4 is 23.6 Å². The molecule has 0 atom stereocenters. The van der Waals surface area contributed by atoms with Crippen molar-refractivity contribution in [2.45, 2.75) is 36.9 Å². The van der Waals surface area contributed by atoms with E-state index in [9.17, 15) is 4.79 Å². The van der Waals surface area contributed by atoms with E-state index in [1.54, 1.807) is 26.4 Å². The third kappa shape index (κ3) is 4.37. The molecule has 30 heavy (non-hydrogen) atoms. The van der Waals surface area contributed by atoms with Gasteiger partial charge in [0.2, 0.25) is 17.0 Å². The Balaban J connectivity index is 1.37. The molecule has 1 aliphatic carbocycles. The fourth-order valence-corrected chi connectivity index (χ4v) is 4.13. The number of amides is 1. The number of hydrogen-bond acceptors (Lipinski definition) is 9. The maximum absolute atomic E-state index is 12.3. The summed E-state index contributed by atoms with van der Waals surface area (Å²) in [5.41, 5.74) is 0.705. The molecular weight excluding hydrogens is 408 g/mol. The van der Waals surface area contributed by atoms with E-state index in [1.165, 1.54) is 24.6 Å². The van der Waals surface area contributed by atoms with E-state index in [0.717, 1.165) is 12.8 Å². The van der Waals surface area contributed by atoms with Gasteiger partial charge in [0.1, 0.15) is 11.5 Å². The van der Waals surface area contributed by atoms with E-state index in [4.69, 9.17) is 9.47 Å². The monoisotopic (exact) mass is 430 g/mol. The number of anilines is 1. The number of carbonyl (C=O) groups is 1. The first-order valence-electron chi connectivity index (χ1n) is 9.53. The minimum absolute atomic E-state index is 0.156. The van der Waals surface area contributed by atoms with Gasteiger partial charge in [-0.2, -0.15) is 4.98 Å². The summed E-state index contributed by atoms with van der Waals surface area (Å²) < 4.78 is 12.4. The second-order valence-electron chi connectivity index (χ2n) is 6.75. The summed E-state index contributed by atoms with van der Waals surface area (Å²) in [5, 5.41) is 22.1. The highest BCUT2D eigenvalue weighted by atomic mass is 32.2. The van der Waals surface area contributed by atoms with Crippen LogP contribution >= 0.6 is 11.8 Å². The largest absolute Gasteiger partial charge is 0.497 e. The fraction of sp³-hybridized carbons (Fsp3) is 0.444. The summed E-state index contributed by atoms with van der Waals surface area (Å²) in [6.07, 6.45) is 4.50. The number of carbonyl (C=O) groups excluding carboxylic acids is 1. The zero-order chi connectivity index (χ0) is 20.9. The van der Waals surface area contributed by atoms with Crippen LogP contribution in [0.5, 0.6) is 11.5 Å². The number of hydrogen-bond donors (Lipinski definition) is 2. The van der Waals surface area contributed by atoms with Gasteiger partial charge in [-0.05, 0) is 35.4 Å². The second kappa shape index (κ2) is 9.11. The number of aromatic nitrogens is 7. The lowest BCUT2D eigenvalue weighted by Crippen LogP contribution is -2.16. The highest BCUT2D eigenvalue weighted by molar-refractivity contribution is 7.99. The molecule has 11 nitrogen and oxygen atoms in total. The van der Waals surface area contributed by atoms with Crippen molar-refractivity contribution < 1.29 is 14.3 Å². The molecule has 1 aliphatic rings. The number of benzene rings is 1. The van der Waals surface area contributed by atoms with Crippen molar-refractivity contribution in [3.63, 3.8) is 0 Å². The lowest BCUT2D eigenvalue weighted by Gasteiger charge is -2.10. The molecule has 4 rings (SSSR count). The van der Waals surface area contributed by atoms with E-state index >= 15 is 0 Å². The summed E-state index contributed by atoms with van der Waals surface area (Å²) in [5.74, 6) is 1.82. The van der Waals surface area contributed by atoms with Crippen LogP contribution < -0.4 is 14.8 Å². The number of rotatable bonds is 8. The number of nitrogens with zero attached hydrogens (tertiary/aromatic N) is 6. The summed E-state index contributed by atoms with van der Waals surface area (Å²) in [6, 6.07) is 5.67. The van der Waals surface area contributed by atoms with Gasteiger partial charge in [-0.15, -0.1) is 10.2 Å². The number of aromatic amines is 1. The average Bonchev–Trinajstić information content (AvgIpc) is 3.53. The van der Waals surface area contributed by atoms with Gasteiger partial charge in [0.25, 0.3) is 0 Å². The highest BCUT2D eigenvalue weighted by Gasteiger charge is 2.22. The number of ether oxygens (including phenoxy) is 2. The Morgan fingerprint density at radius 2 is 2.13 bits per heavy atom. The van der Waals surface area contributed by atoms with Gasteiger partial charge in [0, 0.05) is 6.07 Å². The van der Waals surface area contributed by atoms with Crippen molar-refractivity contribution in [1.29, 1.82) is 0 Å². The maximum Gasteiger partial charge on any atom is 0.249 e. The standard InChI is InChI=1S/C18H22N8O3S/c1-28-12-7-8-13(14(9-12)29-2)16-20-17(22-21-16)19-15(27)10-30-18-23-24-25-26(18)11-5-3-4-6-11/h7-9,11H,3-6,10H2,1-2H3,(H2,19,20,21,22,27). The van der Waals surface area contributed by atoms with Crippen LogP contribution in [-0.2, 0) is 4.79 Å². The average molecular weight is 430 g/mol. The van der Waals surface area contributed by atoms with Gasteiger partial charge in [-0.3, -0.25) is 15.2 Å². The van der Waals surface area contributed by atoms with Crippen LogP contribution in [0, 0.1) is 0 Å². The first kappa shape index (κ1) is 20.1. The van der Waals surface area contributed by atoms with Crippen molar-refractivity contribution in [3.05, 3.63) is 18.2 Å². The third-order valence-electron chi connectivity index (χ3n) is 4.87. The first-order valence-corrected chi connectivity index (χ1v) is 10.5. The first-order chi connectivity index (χ1) is 14.7. The van der Waals surface area contributed by atoms with Crippen LogP contribution in [0.2, 0.25) is 0 Å². The molecule has 0 radical (unpaired) electrons. The Hall–Kier alpha value is -3.15. The molecule has 3 aromatic rings. The van der Waals surface area contributed by atoms with Crippen LogP contribution in [0.15, 0.2) is 23.4 Å². The minimum Gasteiger partial charge on any atom is -0.497 e. The van der Waals surface area contributed by atoms with Crippen LogP contribution in [0.3, 0.4) is 0 Å². The minimum atomic E-state index is -0.242. The molecule has 2 N–H and O–H groups in total. The van der Waals surface area contributed by atoms with Crippen molar-refractivity contribution in [1.82, 2.24) is 35.4 Å². The molecule has 1 amide bonds. The van der Waals surface area contributed by atoms with Gasteiger partial charge in [0.05, 0.1) is 31.6 Å². The molecule has 12 heteroatoms. The van der Waals surface area contributed by atoms with Gasteiger partial charge in [0.15, 0.2) is 5.82 Å². The molecule has 0 unspecified atom stereocenters. The number of tetrazole rings is 1. The maximum atomic E-state index is 12.3. The Bertz CT molecular complexity index is 1010. The molecule has 0 bridgehead atoms. The Morgan fingerprint density at radius 3 is 2.90 bits per heavy atom. The number of nitrogens with one attached hydrogen (secondary N) is 2. The Labute approximate surface area is 176 Å². The van der Waals surface area contributed by atoms with E-state index in [2.05, 4.69) is 36.0 Å². The lowest BCUT2D eigenvalue weighted by atomic mass is 10.2. The Kier molecular flexibility index (Phi) is 6.12. The summed E-state index contributed by atoms with van der Waals surface area (Å²) >= 11 is 1.30. The molecule has 1 aromatic carbocycles.